The summed E-state index contributed by atoms with van der Waals surface area (Å²) in [5.74, 6) is 2.72. The van der Waals surface area contributed by atoms with Gasteiger partial charge in [-0.15, -0.1) is 0 Å². The van der Waals surface area contributed by atoms with E-state index in [9.17, 15) is 0 Å². The van der Waals surface area contributed by atoms with E-state index in [0.29, 0.717) is 6.04 Å². The van der Waals surface area contributed by atoms with E-state index in [2.05, 4.69) is 11.8 Å². The van der Waals surface area contributed by atoms with Gasteiger partial charge in [0.2, 0.25) is 0 Å². The molecule has 0 saturated heterocycles. The fraction of sp³-hybridized carbons (Fsp3) is 1.00. The summed E-state index contributed by atoms with van der Waals surface area (Å²) in [6.45, 7) is 5.08. The van der Waals surface area contributed by atoms with Gasteiger partial charge < -0.3 is 5.73 Å². The van der Waals surface area contributed by atoms with Gasteiger partial charge in [0.15, 0.2) is 0 Å². The standard InChI is InChI=1S/C15H28N2/c1-11-2-7-15(16)13(8-11)10-17(14-5-6-14)9-12-3-4-12/h11-15H,2-10,16H2,1H3. The SMILES string of the molecule is CC1CCC(N)C(CN(CC2CC2)C2CC2)C1. The van der Waals surface area contributed by atoms with Gasteiger partial charge in [0.25, 0.3) is 0 Å². The van der Waals surface area contributed by atoms with E-state index in [4.69, 9.17) is 5.73 Å². The molecule has 0 aromatic rings. The molecule has 0 amide bonds. The molecule has 3 aliphatic carbocycles. The molecule has 3 atom stereocenters. The van der Waals surface area contributed by atoms with Gasteiger partial charge in [0.1, 0.15) is 0 Å². The number of nitrogens with two attached hydrogens (primary N) is 1. The Bertz CT molecular complexity index is 256. The average molecular weight is 236 g/mol. The van der Waals surface area contributed by atoms with Gasteiger partial charge in [-0.05, 0) is 62.7 Å². The summed E-state index contributed by atoms with van der Waals surface area (Å²) >= 11 is 0. The molecule has 0 radical (unpaired) electrons. The molecule has 3 unspecified atom stereocenters. The quantitative estimate of drug-likeness (QED) is 0.795. The molecule has 98 valence electrons. The van der Waals surface area contributed by atoms with E-state index in [-0.39, 0.29) is 0 Å². The first kappa shape index (κ1) is 12.0. The van der Waals surface area contributed by atoms with Crippen molar-refractivity contribution in [3.8, 4) is 0 Å². The Kier molecular flexibility index (Phi) is 3.45. The van der Waals surface area contributed by atoms with Gasteiger partial charge in [-0.1, -0.05) is 6.92 Å². The summed E-state index contributed by atoms with van der Waals surface area (Å²) < 4.78 is 0. The summed E-state index contributed by atoms with van der Waals surface area (Å²) in [5.41, 5.74) is 6.33. The Hall–Kier alpha value is -0.0800. The van der Waals surface area contributed by atoms with Gasteiger partial charge in [-0.3, -0.25) is 4.90 Å². The van der Waals surface area contributed by atoms with Gasteiger partial charge in [-0.2, -0.15) is 0 Å². The van der Waals surface area contributed by atoms with Crippen LogP contribution in [0.1, 0.15) is 51.9 Å². The summed E-state index contributed by atoms with van der Waals surface area (Å²) in [6, 6.07) is 1.41. The van der Waals surface area contributed by atoms with Crippen LogP contribution in [-0.2, 0) is 0 Å². The van der Waals surface area contributed by atoms with E-state index < -0.39 is 0 Å². The number of rotatable bonds is 5. The van der Waals surface area contributed by atoms with E-state index in [1.165, 1.54) is 58.0 Å². The molecular weight excluding hydrogens is 208 g/mol. The Balaban J connectivity index is 1.54. The molecule has 0 bridgehead atoms. The van der Waals surface area contributed by atoms with Crippen LogP contribution < -0.4 is 5.73 Å². The summed E-state index contributed by atoms with van der Waals surface area (Å²) in [7, 11) is 0. The van der Waals surface area contributed by atoms with Crippen molar-refractivity contribution < 1.29 is 0 Å². The van der Waals surface area contributed by atoms with E-state index in [0.717, 1.165) is 23.8 Å². The van der Waals surface area contributed by atoms with Crippen molar-refractivity contribution in [1.82, 2.24) is 4.90 Å². The third-order valence-corrected chi connectivity index (χ3v) is 5.03. The van der Waals surface area contributed by atoms with Crippen LogP contribution in [0.4, 0.5) is 0 Å². The Morgan fingerprint density at radius 1 is 1.00 bits per heavy atom. The molecule has 17 heavy (non-hydrogen) atoms. The van der Waals surface area contributed by atoms with E-state index in [1.54, 1.807) is 0 Å². The molecule has 2 nitrogen and oxygen atoms in total. The molecule has 2 heteroatoms. The lowest BCUT2D eigenvalue weighted by Gasteiger charge is -2.36. The first-order chi connectivity index (χ1) is 8.22. The highest BCUT2D eigenvalue weighted by molar-refractivity contribution is 4.92. The molecule has 0 aromatic heterocycles. The van der Waals surface area contributed by atoms with Crippen LogP contribution in [0.5, 0.6) is 0 Å². The molecule has 2 N–H and O–H groups in total. The van der Waals surface area contributed by atoms with Crippen molar-refractivity contribution >= 4 is 0 Å². The first-order valence-corrected chi connectivity index (χ1v) is 7.72. The average Bonchev–Trinajstić information content (AvgIpc) is 3.14. The van der Waals surface area contributed by atoms with Crippen LogP contribution in [-0.4, -0.2) is 30.1 Å². The van der Waals surface area contributed by atoms with Crippen molar-refractivity contribution in [2.75, 3.05) is 13.1 Å². The molecule has 3 saturated carbocycles. The number of hydrogen-bond acceptors (Lipinski definition) is 2. The fourth-order valence-corrected chi connectivity index (χ4v) is 3.48. The Morgan fingerprint density at radius 2 is 1.76 bits per heavy atom. The van der Waals surface area contributed by atoms with Crippen molar-refractivity contribution in [3.63, 3.8) is 0 Å². The Labute approximate surface area is 106 Å². The molecule has 0 spiro atoms. The minimum absolute atomic E-state index is 0.478. The maximum atomic E-state index is 6.33. The molecular formula is C15H28N2. The molecule has 3 fully saturated rings. The second-order valence-corrected chi connectivity index (χ2v) is 6.97. The second kappa shape index (κ2) is 4.89. The van der Waals surface area contributed by atoms with Crippen LogP contribution in [0.3, 0.4) is 0 Å². The predicted molar refractivity (Wildman–Crippen MR) is 71.8 cm³/mol. The highest BCUT2D eigenvalue weighted by Crippen LogP contribution is 2.37. The molecule has 3 aliphatic rings. The molecule has 3 rings (SSSR count). The third kappa shape index (κ3) is 3.23. The minimum Gasteiger partial charge on any atom is -0.327 e. The van der Waals surface area contributed by atoms with Crippen molar-refractivity contribution in [1.29, 1.82) is 0 Å². The van der Waals surface area contributed by atoms with Crippen LogP contribution in [0.25, 0.3) is 0 Å². The zero-order valence-corrected chi connectivity index (χ0v) is 11.3. The monoisotopic (exact) mass is 236 g/mol. The maximum Gasteiger partial charge on any atom is 0.00966 e. The Morgan fingerprint density at radius 3 is 2.41 bits per heavy atom. The van der Waals surface area contributed by atoms with Gasteiger partial charge in [0.05, 0.1) is 0 Å². The van der Waals surface area contributed by atoms with Crippen LogP contribution in [0.2, 0.25) is 0 Å². The normalized spacial score (nSPS) is 38.6. The van der Waals surface area contributed by atoms with Gasteiger partial charge in [-0.25, -0.2) is 0 Å². The summed E-state index contributed by atoms with van der Waals surface area (Å²) in [5, 5.41) is 0. The summed E-state index contributed by atoms with van der Waals surface area (Å²) in [4.78, 5) is 2.79. The van der Waals surface area contributed by atoms with Crippen molar-refractivity contribution in [2.24, 2.45) is 23.5 Å². The summed E-state index contributed by atoms with van der Waals surface area (Å²) in [6.07, 6.45) is 9.84. The van der Waals surface area contributed by atoms with E-state index in [1.807, 2.05) is 0 Å². The van der Waals surface area contributed by atoms with Crippen LogP contribution in [0, 0.1) is 17.8 Å². The van der Waals surface area contributed by atoms with Gasteiger partial charge >= 0.3 is 0 Å². The highest BCUT2D eigenvalue weighted by Gasteiger charge is 2.36. The lowest BCUT2D eigenvalue weighted by atomic mass is 9.79. The predicted octanol–water partition coefficient (Wildman–Crippen LogP) is 2.62. The molecule has 0 aliphatic heterocycles. The maximum absolute atomic E-state index is 6.33. The van der Waals surface area contributed by atoms with Crippen molar-refractivity contribution in [2.45, 2.75) is 64.0 Å². The molecule has 0 aromatic carbocycles. The zero-order chi connectivity index (χ0) is 11.8. The third-order valence-electron chi connectivity index (χ3n) is 5.03. The van der Waals surface area contributed by atoms with Gasteiger partial charge in [0, 0.05) is 25.2 Å². The fourth-order valence-electron chi connectivity index (χ4n) is 3.48. The largest absolute Gasteiger partial charge is 0.327 e. The van der Waals surface area contributed by atoms with Crippen molar-refractivity contribution in [3.05, 3.63) is 0 Å². The smallest absolute Gasteiger partial charge is 0.00966 e. The van der Waals surface area contributed by atoms with E-state index >= 15 is 0 Å². The highest BCUT2D eigenvalue weighted by atomic mass is 15.2. The zero-order valence-electron chi connectivity index (χ0n) is 11.3. The lowest BCUT2D eigenvalue weighted by molar-refractivity contribution is 0.151. The first-order valence-electron chi connectivity index (χ1n) is 7.72. The number of nitrogens with zero attached hydrogens (tertiary/aromatic N) is 1. The lowest BCUT2D eigenvalue weighted by Crippen LogP contribution is -2.44. The van der Waals surface area contributed by atoms with Crippen LogP contribution in [0.15, 0.2) is 0 Å². The minimum atomic E-state index is 0.478. The molecule has 0 heterocycles. The second-order valence-electron chi connectivity index (χ2n) is 6.97. The number of hydrogen-bond donors (Lipinski definition) is 1. The topological polar surface area (TPSA) is 29.3 Å². The van der Waals surface area contributed by atoms with Crippen LogP contribution >= 0.6 is 0 Å².